The molecule has 0 saturated carbocycles. The van der Waals surface area contributed by atoms with Gasteiger partial charge in [0.1, 0.15) is 5.82 Å². The van der Waals surface area contributed by atoms with Crippen molar-refractivity contribution >= 4 is 15.7 Å². The molecule has 0 bridgehead atoms. The monoisotopic (exact) mass is 308 g/mol. The van der Waals surface area contributed by atoms with Crippen LogP contribution in [0.5, 0.6) is 0 Å². The fourth-order valence-corrected chi connectivity index (χ4v) is 3.41. The van der Waals surface area contributed by atoms with Gasteiger partial charge in [-0.3, -0.25) is 0 Å². The predicted molar refractivity (Wildman–Crippen MR) is 81.4 cm³/mol. The van der Waals surface area contributed by atoms with E-state index in [9.17, 15) is 12.8 Å². The first-order valence-electron chi connectivity index (χ1n) is 6.46. The Morgan fingerprint density at radius 2 is 1.76 bits per heavy atom. The van der Waals surface area contributed by atoms with Gasteiger partial charge in [0.05, 0.1) is 5.75 Å². The van der Waals surface area contributed by atoms with E-state index in [0.717, 1.165) is 0 Å². The van der Waals surface area contributed by atoms with Crippen molar-refractivity contribution in [3.05, 3.63) is 65.5 Å². The largest absolute Gasteiger partial charge is 0.399 e. The van der Waals surface area contributed by atoms with E-state index in [1.165, 1.54) is 6.07 Å². The van der Waals surface area contributed by atoms with Crippen LogP contribution in [-0.4, -0.2) is 8.42 Å². The molecular weight excluding hydrogens is 291 g/mol. The van der Waals surface area contributed by atoms with Gasteiger partial charge < -0.3 is 5.73 Å². The Morgan fingerprint density at radius 1 is 1.14 bits per heavy atom. The summed E-state index contributed by atoms with van der Waals surface area (Å²) in [5.41, 5.74) is 7.07. The normalized spacial score (nSPS) is 13.0. The number of hydrogen-bond donors (Lipinski definition) is 2. The second-order valence-electron chi connectivity index (χ2n) is 4.86. The molecule has 2 rings (SSSR count). The summed E-state index contributed by atoms with van der Waals surface area (Å²) in [5.74, 6) is -0.605. The number of anilines is 1. The molecule has 0 fully saturated rings. The second kappa shape index (κ2) is 6.24. The Kier molecular flexibility index (Phi) is 4.59. The third-order valence-corrected chi connectivity index (χ3v) is 4.49. The lowest BCUT2D eigenvalue weighted by Gasteiger charge is -2.15. The molecular formula is C15H17FN2O2S. The highest BCUT2D eigenvalue weighted by molar-refractivity contribution is 7.88. The fourth-order valence-electron chi connectivity index (χ4n) is 2.03. The maximum absolute atomic E-state index is 13.6. The summed E-state index contributed by atoms with van der Waals surface area (Å²) in [6, 6.07) is 12.1. The SMILES string of the molecule is CC(NS(=O)(=O)Cc1ccc(N)cc1)c1ccccc1F. The molecule has 0 heterocycles. The Labute approximate surface area is 123 Å². The van der Waals surface area contributed by atoms with E-state index in [1.807, 2.05) is 0 Å². The highest BCUT2D eigenvalue weighted by atomic mass is 32.2. The number of nitrogens with two attached hydrogens (primary N) is 1. The number of rotatable bonds is 5. The van der Waals surface area contributed by atoms with E-state index >= 15 is 0 Å². The summed E-state index contributed by atoms with van der Waals surface area (Å²) in [6.07, 6.45) is 0. The Bertz CT molecular complexity index is 715. The van der Waals surface area contributed by atoms with Crippen LogP contribution in [0.25, 0.3) is 0 Å². The molecule has 112 valence electrons. The molecule has 2 aromatic rings. The van der Waals surface area contributed by atoms with Crippen LogP contribution in [0.1, 0.15) is 24.1 Å². The van der Waals surface area contributed by atoms with Gasteiger partial charge in [-0.2, -0.15) is 0 Å². The number of nitrogens with one attached hydrogen (secondary N) is 1. The van der Waals surface area contributed by atoms with Gasteiger partial charge in [0, 0.05) is 17.3 Å². The smallest absolute Gasteiger partial charge is 0.216 e. The molecule has 0 aromatic heterocycles. The molecule has 1 atom stereocenters. The second-order valence-corrected chi connectivity index (χ2v) is 6.62. The quantitative estimate of drug-likeness (QED) is 0.834. The van der Waals surface area contributed by atoms with Crippen molar-refractivity contribution in [3.8, 4) is 0 Å². The fraction of sp³-hybridized carbons (Fsp3) is 0.200. The van der Waals surface area contributed by atoms with Crippen molar-refractivity contribution < 1.29 is 12.8 Å². The lowest BCUT2D eigenvalue weighted by Crippen LogP contribution is -2.28. The first kappa shape index (κ1) is 15.5. The van der Waals surface area contributed by atoms with Gasteiger partial charge in [-0.15, -0.1) is 0 Å². The Morgan fingerprint density at radius 3 is 2.38 bits per heavy atom. The summed E-state index contributed by atoms with van der Waals surface area (Å²) in [4.78, 5) is 0. The molecule has 3 N–H and O–H groups in total. The lowest BCUT2D eigenvalue weighted by molar-refractivity contribution is 0.549. The minimum absolute atomic E-state index is 0.175. The first-order chi connectivity index (χ1) is 9.87. The zero-order valence-corrected chi connectivity index (χ0v) is 12.4. The average Bonchev–Trinajstić information content (AvgIpc) is 2.41. The van der Waals surface area contributed by atoms with Crippen molar-refractivity contribution in [2.45, 2.75) is 18.7 Å². The number of nitrogen functional groups attached to an aromatic ring is 1. The molecule has 0 amide bonds. The molecule has 0 aliphatic heterocycles. The van der Waals surface area contributed by atoms with E-state index in [2.05, 4.69) is 4.72 Å². The summed E-state index contributed by atoms with van der Waals surface area (Å²) in [6.45, 7) is 1.61. The van der Waals surface area contributed by atoms with Crippen LogP contribution in [0.3, 0.4) is 0 Å². The standard InChI is InChI=1S/C15H17FN2O2S/c1-11(14-4-2-3-5-15(14)16)18-21(19,20)10-12-6-8-13(17)9-7-12/h2-9,11,18H,10,17H2,1H3. The summed E-state index contributed by atoms with van der Waals surface area (Å²) < 4.78 is 40.3. The van der Waals surface area contributed by atoms with Crippen molar-refractivity contribution in [2.24, 2.45) is 0 Å². The molecule has 0 aliphatic rings. The molecule has 0 radical (unpaired) electrons. The minimum atomic E-state index is -3.57. The van der Waals surface area contributed by atoms with Crippen LogP contribution in [0.4, 0.5) is 10.1 Å². The summed E-state index contributed by atoms with van der Waals surface area (Å²) >= 11 is 0. The molecule has 6 heteroatoms. The van der Waals surface area contributed by atoms with Crippen LogP contribution < -0.4 is 10.5 Å². The Balaban J connectivity index is 2.10. The van der Waals surface area contributed by atoms with Gasteiger partial charge in [-0.1, -0.05) is 30.3 Å². The van der Waals surface area contributed by atoms with Crippen molar-refractivity contribution in [1.29, 1.82) is 0 Å². The number of halogens is 1. The molecule has 21 heavy (non-hydrogen) atoms. The first-order valence-corrected chi connectivity index (χ1v) is 8.11. The molecule has 1 unspecified atom stereocenters. The van der Waals surface area contributed by atoms with Gasteiger partial charge in [0.25, 0.3) is 0 Å². The highest BCUT2D eigenvalue weighted by Crippen LogP contribution is 2.18. The zero-order valence-electron chi connectivity index (χ0n) is 11.6. The van der Waals surface area contributed by atoms with Crippen LogP contribution in [0.15, 0.2) is 48.5 Å². The van der Waals surface area contributed by atoms with Crippen molar-refractivity contribution in [2.75, 3.05) is 5.73 Å². The van der Waals surface area contributed by atoms with Gasteiger partial charge in [0.2, 0.25) is 10.0 Å². The third-order valence-electron chi connectivity index (χ3n) is 3.06. The average molecular weight is 308 g/mol. The van der Waals surface area contributed by atoms with Gasteiger partial charge in [-0.05, 0) is 30.7 Å². The van der Waals surface area contributed by atoms with Crippen LogP contribution in [-0.2, 0) is 15.8 Å². The zero-order chi connectivity index (χ0) is 15.5. The van der Waals surface area contributed by atoms with Crippen molar-refractivity contribution in [1.82, 2.24) is 4.72 Å². The van der Waals surface area contributed by atoms with Crippen LogP contribution in [0.2, 0.25) is 0 Å². The predicted octanol–water partition coefficient (Wildman–Crippen LogP) is 2.59. The van der Waals surface area contributed by atoms with E-state index in [1.54, 1.807) is 49.4 Å². The van der Waals surface area contributed by atoms with E-state index < -0.39 is 21.9 Å². The van der Waals surface area contributed by atoms with Crippen molar-refractivity contribution in [3.63, 3.8) is 0 Å². The molecule has 2 aromatic carbocycles. The molecule has 0 saturated heterocycles. The van der Waals surface area contributed by atoms with E-state index in [0.29, 0.717) is 16.8 Å². The minimum Gasteiger partial charge on any atom is -0.399 e. The van der Waals surface area contributed by atoms with Gasteiger partial charge in [-0.25, -0.2) is 17.5 Å². The maximum atomic E-state index is 13.6. The van der Waals surface area contributed by atoms with Gasteiger partial charge >= 0.3 is 0 Å². The van der Waals surface area contributed by atoms with Crippen LogP contribution >= 0.6 is 0 Å². The van der Waals surface area contributed by atoms with Crippen LogP contribution in [0, 0.1) is 5.82 Å². The number of sulfonamides is 1. The molecule has 0 spiro atoms. The lowest BCUT2D eigenvalue weighted by atomic mass is 10.1. The van der Waals surface area contributed by atoms with E-state index in [4.69, 9.17) is 5.73 Å². The highest BCUT2D eigenvalue weighted by Gasteiger charge is 2.18. The van der Waals surface area contributed by atoms with E-state index in [-0.39, 0.29) is 5.75 Å². The summed E-state index contributed by atoms with van der Waals surface area (Å²) in [5, 5.41) is 0. The maximum Gasteiger partial charge on any atom is 0.216 e. The third kappa shape index (κ3) is 4.27. The molecule has 4 nitrogen and oxygen atoms in total. The number of benzene rings is 2. The number of hydrogen-bond acceptors (Lipinski definition) is 3. The Hall–Kier alpha value is -1.92. The summed E-state index contributed by atoms with van der Waals surface area (Å²) in [7, 11) is -3.57. The topological polar surface area (TPSA) is 72.2 Å². The molecule has 0 aliphatic carbocycles. The van der Waals surface area contributed by atoms with Gasteiger partial charge in [0.15, 0.2) is 0 Å².